The van der Waals surface area contributed by atoms with Crippen molar-refractivity contribution >= 4 is 11.8 Å². The van der Waals surface area contributed by atoms with Crippen molar-refractivity contribution in [3.05, 3.63) is 22.9 Å². The molecule has 1 aromatic heterocycles. The quantitative estimate of drug-likeness (QED) is 0.881. The van der Waals surface area contributed by atoms with Crippen LogP contribution in [-0.2, 0) is 17.6 Å². The summed E-state index contributed by atoms with van der Waals surface area (Å²) in [4.78, 5) is 15.9. The molecule has 2 heterocycles. The molecule has 2 aliphatic rings. The number of carboxylic acid groups (broad SMARTS) is 1. The minimum absolute atomic E-state index is 0.294. The van der Waals surface area contributed by atoms with Gasteiger partial charge in [0.25, 0.3) is 0 Å². The van der Waals surface area contributed by atoms with Gasteiger partial charge >= 0.3 is 5.97 Å². The SMILES string of the molecule is O=C(O)c1cc2c(nc1NCC1CCCOC1)CCC2. The summed E-state index contributed by atoms with van der Waals surface area (Å²) in [6.07, 6.45) is 5.17. The van der Waals surface area contributed by atoms with Gasteiger partial charge in [0.2, 0.25) is 0 Å². The molecule has 1 aliphatic carbocycles. The lowest BCUT2D eigenvalue weighted by atomic mass is 10.0. The highest BCUT2D eigenvalue weighted by molar-refractivity contribution is 5.93. The zero-order valence-corrected chi connectivity index (χ0v) is 11.5. The minimum atomic E-state index is -0.908. The van der Waals surface area contributed by atoms with Crippen LogP contribution in [0.3, 0.4) is 0 Å². The molecular formula is C15H20N2O3. The molecule has 0 bridgehead atoms. The first kappa shape index (κ1) is 13.4. The summed E-state index contributed by atoms with van der Waals surface area (Å²) in [5, 5.41) is 12.6. The molecule has 1 fully saturated rings. The van der Waals surface area contributed by atoms with E-state index in [0.29, 0.717) is 17.3 Å². The van der Waals surface area contributed by atoms with Crippen molar-refractivity contribution in [2.24, 2.45) is 5.92 Å². The van der Waals surface area contributed by atoms with E-state index in [0.717, 1.165) is 63.1 Å². The highest BCUT2D eigenvalue weighted by Crippen LogP contribution is 2.26. The molecule has 1 unspecified atom stereocenters. The number of ether oxygens (including phenoxy) is 1. The average molecular weight is 276 g/mol. The van der Waals surface area contributed by atoms with Crippen molar-refractivity contribution in [3.63, 3.8) is 0 Å². The van der Waals surface area contributed by atoms with Crippen LogP contribution in [0.5, 0.6) is 0 Å². The van der Waals surface area contributed by atoms with Crippen molar-refractivity contribution in [1.29, 1.82) is 0 Å². The smallest absolute Gasteiger partial charge is 0.339 e. The first-order chi connectivity index (χ1) is 9.74. The van der Waals surface area contributed by atoms with Crippen molar-refractivity contribution < 1.29 is 14.6 Å². The van der Waals surface area contributed by atoms with Crippen LogP contribution in [0, 0.1) is 5.92 Å². The molecular weight excluding hydrogens is 256 g/mol. The van der Waals surface area contributed by atoms with E-state index in [2.05, 4.69) is 10.3 Å². The first-order valence-corrected chi connectivity index (χ1v) is 7.32. The number of carboxylic acids is 1. The van der Waals surface area contributed by atoms with Crippen LogP contribution < -0.4 is 5.32 Å². The number of carbonyl (C=O) groups is 1. The third-order valence-electron chi connectivity index (χ3n) is 4.09. The van der Waals surface area contributed by atoms with Crippen LogP contribution >= 0.6 is 0 Å². The molecule has 2 N–H and O–H groups in total. The van der Waals surface area contributed by atoms with Crippen LogP contribution in [0.1, 0.15) is 40.9 Å². The molecule has 1 atom stereocenters. The molecule has 108 valence electrons. The molecule has 5 heteroatoms. The number of aromatic nitrogens is 1. The maximum absolute atomic E-state index is 11.4. The van der Waals surface area contributed by atoms with Gasteiger partial charge < -0.3 is 15.2 Å². The van der Waals surface area contributed by atoms with Crippen LogP contribution in [0.4, 0.5) is 5.82 Å². The van der Waals surface area contributed by atoms with Crippen molar-refractivity contribution in [3.8, 4) is 0 Å². The first-order valence-electron chi connectivity index (χ1n) is 7.32. The Kier molecular flexibility index (Phi) is 3.87. The highest BCUT2D eigenvalue weighted by atomic mass is 16.5. The zero-order valence-electron chi connectivity index (χ0n) is 11.5. The standard InChI is InChI=1S/C15H20N2O3/c18-15(19)12-7-11-4-1-5-13(11)17-14(12)16-8-10-3-2-6-20-9-10/h7,10H,1-6,8-9H2,(H,16,17)(H,18,19). The predicted molar refractivity (Wildman–Crippen MR) is 75.3 cm³/mol. The molecule has 0 radical (unpaired) electrons. The fourth-order valence-electron chi connectivity index (χ4n) is 2.98. The van der Waals surface area contributed by atoms with E-state index >= 15 is 0 Å². The Hall–Kier alpha value is -1.62. The summed E-state index contributed by atoms with van der Waals surface area (Å²) in [7, 11) is 0. The molecule has 0 spiro atoms. The summed E-state index contributed by atoms with van der Waals surface area (Å²) in [6.45, 7) is 2.32. The highest BCUT2D eigenvalue weighted by Gasteiger charge is 2.21. The van der Waals surface area contributed by atoms with Crippen LogP contribution in [0.25, 0.3) is 0 Å². The summed E-state index contributed by atoms with van der Waals surface area (Å²) in [6, 6.07) is 1.79. The summed E-state index contributed by atoms with van der Waals surface area (Å²) in [5.41, 5.74) is 2.44. The second kappa shape index (κ2) is 5.79. The van der Waals surface area contributed by atoms with E-state index < -0.39 is 5.97 Å². The van der Waals surface area contributed by atoms with E-state index in [4.69, 9.17) is 4.74 Å². The number of aryl methyl sites for hydroxylation is 2. The number of fused-ring (bicyclic) bond motifs is 1. The number of nitrogens with zero attached hydrogens (tertiary/aromatic N) is 1. The Morgan fingerprint density at radius 1 is 1.45 bits per heavy atom. The van der Waals surface area contributed by atoms with Crippen molar-refractivity contribution in [2.75, 3.05) is 25.1 Å². The number of anilines is 1. The Morgan fingerprint density at radius 2 is 2.35 bits per heavy atom. The molecule has 1 aromatic rings. The third kappa shape index (κ3) is 2.77. The Bertz CT molecular complexity index is 510. The lowest BCUT2D eigenvalue weighted by molar-refractivity contribution is 0.0594. The van der Waals surface area contributed by atoms with Gasteiger partial charge in [0.15, 0.2) is 0 Å². The largest absolute Gasteiger partial charge is 0.478 e. The predicted octanol–water partition coefficient (Wildman–Crippen LogP) is 2.11. The molecule has 0 saturated carbocycles. The molecule has 1 aliphatic heterocycles. The number of rotatable bonds is 4. The fraction of sp³-hybridized carbons (Fsp3) is 0.600. The maximum Gasteiger partial charge on any atom is 0.339 e. The Balaban J connectivity index is 1.75. The second-order valence-electron chi connectivity index (χ2n) is 5.61. The van der Waals surface area contributed by atoms with Gasteiger partial charge in [-0.05, 0) is 49.7 Å². The zero-order chi connectivity index (χ0) is 13.9. The number of pyridine rings is 1. The van der Waals surface area contributed by atoms with E-state index in [1.807, 2.05) is 0 Å². The monoisotopic (exact) mass is 276 g/mol. The normalized spacial score (nSPS) is 21.5. The van der Waals surface area contributed by atoms with Gasteiger partial charge in [0, 0.05) is 18.8 Å². The number of nitrogens with one attached hydrogen (secondary N) is 1. The second-order valence-corrected chi connectivity index (χ2v) is 5.61. The van der Waals surface area contributed by atoms with E-state index in [1.54, 1.807) is 6.07 Å². The van der Waals surface area contributed by atoms with Gasteiger partial charge in [-0.1, -0.05) is 0 Å². The minimum Gasteiger partial charge on any atom is -0.478 e. The molecule has 0 aromatic carbocycles. The van der Waals surface area contributed by atoms with Crippen LogP contribution in [-0.4, -0.2) is 35.8 Å². The third-order valence-corrected chi connectivity index (χ3v) is 4.09. The van der Waals surface area contributed by atoms with Gasteiger partial charge in [0.1, 0.15) is 11.4 Å². The summed E-state index contributed by atoms with van der Waals surface area (Å²) >= 11 is 0. The number of hydrogen-bond acceptors (Lipinski definition) is 4. The van der Waals surface area contributed by atoms with Crippen molar-refractivity contribution in [1.82, 2.24) is 4.98 Å². The fourth-order valence-corrected chi connectivity index (χ4v) is 2.98. The van der Waals surface area contributed by atoms with Crippen molar-refractivity contribution in [2.45, 2.75) is 32.1 Å². The Morgan fingerprint density at radius 3 is 3.10 bits per heavy atom. The number of aromatic carboxylic acids is 1. The molecule has 1 saturated heterocycles. The molecule has 20 heavy (non-hydrogen) atoms. The van der Waals surface area contributed by atoms with Gasteiger partial charge in [-0.25, -0.2) is 9.78 Å². The van der Waals surface area contributed by atoms with Gasteiger partial charge in [-0.3, -0.25) is 0 Å². The summed E-state index contributed by atoms with van der Waals surface area (Å²) < 4.78 is 5.45. The molecule has 0 amide bonds. The van der Waals surface area contributed by atoms with E-state index in [1.165, 1.54) is 0 Å². The van der Waals surface area contributed by atoms with Crippen LogP contribution in [0.15, 0.2) is 6.07 Å². The lowest BCUT2D eigenvalue weighted by Gasteiger charge is -2.23. The topological polar surface area (TPSA) is 71.5 Å². The molecule has 3 rings (SSSR count). The Labute approximate surface area is 118 Å². The van der Waals surface area contributed by atoms with E-state index in [-0.39, 0.29) is 0 Å². The van der Waals surface area contributed by atoms with Gasteiger partial charge in [0.05, 0.1) is 6.61 Å². The lowest BCUT2D eigenvalue weighted by Crippen LogP contribution is -2.25. The van der Waals surface area contributed by atoms with Gasteiger partial charge in [-0.15, -0.1) is 0 Å². The average Bonchev–Trinajstić information content (AvgIpc) is 2.92. The van der Waals surface area contributed by atoms with Crippen LogP contribution in [0.2, 0.25) is 0 Å². The number of hydrogen-bond donors (Lipinski definition) is 2. The van der Waals surface area contributed by atoms with E-state index in [9.17, 15) is 9.90 Å². The van der Waals surface area contributed by atoms with Gasteiger partial charge in [-0.2, -0.15) is 0 Å². The maximum atomic E-state index is 11.4. The summed E-state index contributed by atoms with van der Waals surface area (Å²) in [5.74, 6) is 0.0544. The molecule has 5 nitrogen and oxygen atoms in total.